The molecule has 0 spiro atoms. The van der Waals surface area contributed by atoms with Crippen molar-refractivity contribution in [2.24, 2.45) is 0 Å². The van der Waals surface area contributed by atoms with Gasteiger partial charge in [0.25, 0.3) is 5.91 Å². The average Bonchev–Trinajstić information content (AvgIpc) is 3.17. The molecule has 1 unspecified atom stereocenters. The zero-order chi connectivity index (χ0) is 28.9. The molecule has 1 N–H and O–H groups in total. The zero-order valence-electron chi connectivity index (χ0n) is 21.5. The van der Waals surface area contributed by atoms with Gasteiger partial charge in [0.15, 0.2) is 5.11 Å². The van der Waals surface area contributed by atoms with Crippen LogP contribution in [0.15, 0.2) is 78.9 Å². The molecule has 0 radical (unpaired) electrons. The normalized spacial score (nSPS) is 15.3. The maximum absolute atomic E-state index is 13.5. The predicted octanol–water partition coefficient (Wildman–Crippen LogP) is 5.46. The fraction of sp³-hybridized carbons (Fsp3) is 0.241. The topological polar surface area (TPSA) is 78.9 Å². The number of carbonyl (C=O) groups excluding carboxylic acids is 3. The number of hydrogen-bond donors (Lipinski definition) is 1. The lowest BCUT2D eigenvalue weighted by Gasteiger charge is -2.24. The summed E-state index contributed by atoms with van der Waals surface area (Å²) in [6.45, 7) is 0.320. The second-order valence-electron chi connectivity index (χ2n) is 9.12. The second kappa shape index (κ2) is 12.3. The molecule has 0 aromatic heterocycles. The summed E-state index contributed by atoms with van der Waals surface area (Å²) in [4.78, 5) is 40.8. The molecule has 1 atom stereocenters. The largest absolute Gasteiger partial charge is 0.465 e. The molecule has 0 saturated carbocycles. The van der Waals surface area contributed by atoms with Gasteiger partial charge < -0.3 is 15.0 Å². The highest BCUT2D eigenvalue weighted by molar-refractivity contribution is 7.80. The van der Waals surface area contributed by atoms with E-state index in [0.717, 1.165) is 22.6 Å². The monoisotopic (exact) mass is 569 g/mol. The van der Waals surface area contributed by atoms with Gasteiger partial charge in [0.2, 0.25) is 5.91 Å². The van der Waals surface area contributed by atoms with E-state index in [-0.39, 0.29) is 17.2 Å². The van der Waals surface area contributed by atoms with Gasteiger partial charge in [-0.25, -0.2) is 4.79 Å². The Bertz CT molecular complexity index is 1400. The number of hydrogen-bond acceptors (Lipinski definition) is 5. The van der Waals surface area contributed by atoms with E-state index >= 15 is 0 Å². The molecule has 3 aromatic carbocycles. The van der Waals surface area contributed by atoms with Gasteiger partial charge in [0.1, 0.15) is 6.04 Å². The Morgan fingerprint density at radius 1 is 1.00 bits per heavy atom. The Labute approximate surface area is 234 Å². The van der Waals surface area contributed by atoms with Crippen LogP contribution >= 0.6 is 12.2 Å². The van der Waals surface area contributed by atoms with Crippen molar-refractivity contribution >= 4 is 46.5 Å². The summed E-state index contributed by atoms with van der Waals surface area (Å²) in [5.41, 5.74) is 0.861. The average molecular weight is 570 g/mol. The molecule has 1 heterocycles. The summed E-state index contributed by atoms with van der Waals surface area (Å²) in [5.74, 6) is -1.60. The van der Waals surface area contributed by atoms with E-state index in [9.17, 15) is 27.6 Å². The van der Waals surface area contributed by atoms with Gasteiger partial charge in [-0.2, -0.15) is 13.2 Å². The van der Waals surface area contributed by atoms with Crippen LogP contribution in [0.3, 0.4) is 0 Å². The number of benzene rings is 3. The number of methoxy groups -OCH3 is 1. The Morgan fingerprint density at radius 3 is 2.35 bits per heavy atom. The number of nitrogens with one attached hydrogen (secondary N) is 1. The molecular weight excluding hydrogens is 543 g/mol. The van der Waals surface area contributed by atoms with E-state index in [2.05, 4.69) is 10.1 Å². The van der Waals surface area contributed by atoms with Crippen LogP contribution in [-0.2, 0) is 26.9 Å². The highest BCUT2D eigenvalue weighted by Gasteiger charge is 2.44. The van der Waals surface area contributed by atoms with Crippen LogP contribution in [0.4, 0.5) is 24.5 Å². The molecule has 1 aliphatic rings. The quantitative estimate of drug-likeness (QED) is 0.273. The summed E-state index contributed by atoms with van der Waals surface area (Å²) in [7, 11) is 1.26. The van der Waals surface area contributed by atoms with E-state index in [1.54, 1.807) is 4.90 Å². The van der Waals surface area contributed by atoms with Crippen LogP contribution in [0.1, 0.15) is 34.3 Å². The molecular formula is C29H26F3N3O4S. The Hall–Kier alpha value is -4.25. The van der Waals surface area contributed by atoms with E-state index in [1.165, 1.54) is 43.5 Å². The van der Waals surface area contributed by atoms with Gasteiger partial charge in [0, 0.05) is 12.2 Å². The molecule has 1 fully saturated rings. The zero-order valence-corrected chi connectivity index (χ0v) is 22.3. The number of esters is 1. The number of rotatable bonds is 9. The van der Waals surface area contributed by atoms with Crippen molar-refractivity contribution in [1.29, 1.82) is 0 Å². The van der Waals surface area contributed by atoms with Crippen LogP contribution < -0.4 is 10.2 Å². The van der Waals surface area contributed by atoms with Gasteiger partial charge in [-0.15, -0.1) is 0 Å². The first-order valence-corrected chi connectivity index (χ1v) is 12.8. The number of anilines is 2. The van der Waals surface area contributed by atoms with E-state index in [1.807, 2.05) is 30.3 Å². The molecule has 1 aliphatic heterocycles. The number of carbonyl (C=O) groups is 3. The molecule has 3 aromatic rings. The van der Waals surface area contributed by atoms with Gasteiger partial charge in [0.05, 0.1) is 30.3 Å². The van der Waals surface area contributed by atoms with Crippen molar-refractivity contribution < 1.29 is 32.3 Å². The molecule has 40 heavy (non-hydrogen) atoms. The smallest absolute Gasteiger partial charge is 0.416 e. The number of alkyl halides is 3. The number of thiocarbonyl (C=S) groups is 1. The molecule has 208 valence electrons. The van der Waals surface area contributed by atoms with Crippen molar-refractivity contribution in [2.45, 2.75) is 31.5 Å². The third-order valence-electron chi connectivity index (χ3n) is 6.43. The minimum absolute atomic E-state index is 0.0146. The maximum atomic E-state index is 13.5. The third kappa shape index (κ3) is 6.66. The maximum Gasteiger partial charge on any atom is 0.416 e. The Morgan fingerprint density at radius 2 is 1.70 bits per heavy atom. The first-order chi connectivity index (χ1) is 19.1. The highest BCUT2D eigenvalue weighted by Crippen LogP contribution is 2.34. The standard InChI is InChI=1S/C29H26F3N3O4S/c1-39-27(38)20-12-14-22(15-13-20)33-25(36)18-24-26(37)35(23-11-5-10-21(17-23)29(30,31)32)28(40)34(24)16-6-9-19-7-3-2-4-8-19/h2-5,7-8,10-15,17,24H,6,9,16,18H2,1H3,(H,33,36). The van der Waals surface area contributed by atoms with Gasteiger partial charge in [-0.1, -0.05) is 36.4 Å². The summed E-state index contributed by atoms with van der Waals surface area (Å²) in [5, 5.41) is 2.73. The first kappa shape index (κ1) is 28.8. The van der Waals surface area contributed by atoms with Gasteiger partial charge in [-0.3, -0.25) is 14.5 Å². The van der Waals surface area contributed by atoms with E-state index in [4.69, 9.17) is 12.2 Å². The molecule has 0 aliphatic carbocycles. The number of nitrogens with zero attached hydrogens (tertiary/aromatic N) is 2. The van der Waals surface area contributed by atoms with Gasteiger partial charge in [-0.05, 0) is 73.1 Å². The minimum atomic E-state index is -4.60. The molecule has 2 amide bonds. The summed E-state index contributed by atoms with van der Waals surface area (Å²) < 4.78 is 44.8. The van der Waals surface area contributed by atoms with Crippen molar-refractivity contribution in [3.63, 3.8) is 0 Å². The number of aryl methyl sites for hydroxylation is 1. The number of ether oxygens (including phenoxy) is 1. The van der Waals surface area contributed by atoms with Crippen LogP contribution in [0, 0.1) is 0 Å². The lowest BCUT2D eigenvalue weighted by Crippen LogP contribution is -2.38. The van der Waals surface area contributed by atoms with Crippen molar-refractivity contribution in [3.8, 4) is 0 Å². The summed E-state index contributed by atoms with van der Waals surface area (Å²) >= 11 is 5.57. The van der Waals surface area contributed by atoms with E-state index in [0.29, 0.717) is 30.6 Å². The lowest BCUT2D eigenvalue weighted by molar-refractivity contribution is -0.137. The predicted molar refractivity (Wildman–Crippen MR) is 148 cm³/mol. The fourth-order valence-corrected chi connectivity index (χ4v) is 4.85. The highest BCUT2D eigenvalue weighted by atomic mass is 32.1. The molecule has 7 nitrogen and oxygen atoms in total. The number of amides is 2. The Balaban J connectivity index is 1.54. The van der Waals surface area contributed by atoms with Crippen LogP contribution in [0.2, 0.25) is 0 Å². The third-order valence-corrected chi connectivity index (χ3v) is 6.84. The lowest BCUT2D eigenvalue weighted by atomic mass is 10.1. The molecule has 4 rings (SSSR count). The molecule has 1 saturated heterocycles. The molecule has 11 heteroatoms. The van der Waals surface area contributed by atoms with Gasteiger partial charge >= 0.3 is 12.1 Å². The Kier molecular flexibility index (Phi) is 8.83. The SMILES string of the molecule is COC(=O)c1ccc(NC(=O)CC2C(=O)N(c3cccc(C(F)(F)F)c3)C(=S)N2CCCc2ccccc2)cc1. The summed E-state index contributed by atoms with van der Waals surface area (Å²) in [6.07, 6.45) is -3.60. The van der Waals surface area contributed by atoms with Crippen LogP contribution in [-0.4, -0.2) is 47.5 Å². The molecule has 0 bridgehead atoms. The van der Waals surface area contributed by atoms with Crippen molar-refractivity contribution in [3.05, 3.63) is 95.6 Å². The van der Waals surface area contributed by atoms with E-state index < -0.39 is 35.6 Å². The summed E-state index contributed by atoms with van der Waals surface area (Å²) in [6, 6.07) is 19.1. The van der Waals surface area contributed by atoms with Crippen LogP contribution in [0.25, 0.3) is 0 Å². The minimum Gasteiger partial charge on any atom is -0.465 e. The van der Waals surface area contributed by atoms with Crippen molar-refractivity contribution in [1.82, 2.24) is 4.90 Å². The van der Waals surface area contributed by atoms with Crippen LogP contribution in [0.5, 0.6) is 0 Å². The number of halogens is 3. The second-order valence-corrected chi connectivity index (χ2v) is 9.49. The fourth-order valence-electron chi connectivity index (χ4n) is 4.44. The van der Waals surface area contributed by atoms with Crippen molar-refractivity contribution in [2.75, 3.05) is 23.9 Å². The first-order valence-electron chi connectivity index (χ1n) is 12.4.